The molecule has 2 atom stereocenters. The first kappa shape index (κ1) is 18.7. The Bertz CT molecular complexity index is 324. The Labute approximate surface area is 121 Å². The van der Waals surface area contributed by atoms with Gasteiger partial charge >= 0.3 is 12.1 Å². The number of ether oxygens (including phenoxy) is 2. The second-order valence-electron chi connectivity index (χ2n) is 6.33. The SMILES string of the molecule is COC(=O)C[C@H](N)[C@H](CC(C)C)NC(=O)OC(C)(C)C. The predicted molar refractivity (Wildman–Crippen MR) is 77.2 cm³/mol. The van der Waals surface area contributed by atoms with Crippen LogP contribution in [0.5, 0.6) is 0 Å². The molecule has 0 aromatic heterocycles. The fourth-order valence-electron chi connectivity index (χ4n) is 1.73. The van der Waals surface area contributed by atoms with Crippen LogP contribution in [0.2, 0.25) is 0 Å². The number of methoxy groups -OCH3 is 1. The molecule has 0 aliphatic heterocycles. The highest BCUT2D eigenvalue weighted by molar-refractivity contribution is 5.71. The van der Waals surface area contributed by atoms with E-state index < -0.39 is 23.7 Å². The molecule has 0 radical (unpaired) electrons. The first-order valence-corrected chi connectivity index (χ1v) is 6.87. The van der Waals surface area contributed by atoms with Gasteiger partial charge in [0.15, 0.2) is 0 Å². The van der Waals surface area contributed by atoms with Crippen molar-refractivity contribution in [2.75, 3.05) is 7.11 Å². The zero-order chi connectivity index (χ0) is 15.9. The van der Waals surface area contributed by atoms with Gasteiger partial charge in [-0.15, -0.1) is 0 Å². The monoisotopic (exact) mass is 288 g/mol. The van der Waals surface area contributed by atoms with Gasteiger partial charge in [-0.3, -0.25) is 4.79 Å². The van der Waals surface area contributed by atoms with Crippen LogP contribution in [0, 0.1) is 5.92 Å². The van der Waals surface area contributed by atoms with Gasteiger partial charge in [-0.05, 0) is 33.1 Å². The number of carbonyl (C=O) groups is 2. The summed E-state index contributed by atoms with van der Waals surface area (Å²) in [5.74, 6) is -0.0594. The highest BCUT2D eigenvalue weighted by atomic mass is 16.6. The number of rotatable bonds is 6. The Morgan fingerprint density at radius 3 is 2.20 bits per heavy atom. The maximum Gasteiger partial charge on any atom is 0.407 e. The summed E-state index contributed by atoms with van der Waals surface area (Å²) >= 11 is 0. The Kier molecular flexibility index (Phi) is 7.57. The number of esters is 1. The minimum absolute atomic E-state index is 0.0592. The summed E-state index contributed by atoms with van der Waals surface area (Å²) < 4.78 is 9.81. The maximum absolute atomic E-state index is 11.8. The number of alkyl carbamates (subject to hydrolysis) is 1. The molecular weight excluding hydrogens is 260 g/mol. The van der Waals surface area contributed by atoms with E-state index in [1.54, 1.807) is 20.8 Å². The van der Waals surface area contributed by atoms with Crippen molar-refractivity contribution < 1.29 is 19.1 Å². The lowest BCUT2D eigenvalue weighted by Crippen LogP contribution is -2.50. The van der Waals surface area contributed by atoms with Crippen LogP contribution >= 0.6 is 0 Å². The van der Waals surface area contributed by atoms with E-state index in [0.29, 0.717) is 12.3 Å². The second-order valence-corrected chi connectivity index (χ2v) is 6.33. The number of hydrogen-bond donors (Lipinski definition) is 2. The molecular formula is C14H28N2O4. The summed E-state index contributed by atoms with van der Waals surface area (Å²) in [6, 6.07) is -0.832. The van der Waals surface area contributed by atoms with Crippen LogP contribution in [0.3, 0.4) is 0 Å². The Hall–Kier alpha value is -1.30. The summed E-state index contributed by atoms with van der Waals surface area (Å²) in [4.78, 5) is 23.1. The topological polar surface area (TPSA) is 90.6 Å². The van der Waals surface area contributed by atoms with Gasteiger partial charge < -0.3 is 20.5 Å². The van der Waals surface area contributed by atoms with Gasteiger partial charge in [-0.1, -0.05) is 13.8 Å². The van der Waals surface area contributed by atoms with Gasteiger partial charge in [-0.2, -0.15) is 0 Å². The normalized spacial score (nSPS) is 14.6. The van der Waals surface area contributed by atoms with Crippen LogP contribution in [-0.2, 0) is 14.3 Å². The first-order chi connectivity index (χ1) is 9.05. The van der Waals surface area contributed by atoms with Crippen LogP contribution < -0.4 is 11.1 Å². The van der Waals surface area contributed by atoms with Gasteiger partial charge in [0.2, 0.25) is 0 Å². The summed E-state index contributed by atoms with van der Waals surface area (Å²) in [6.07, 6.45) is 0.199. The third kappa shape index (κ3) is 8.74. The van der Waals surface area contributed by atoms with Crippen molar-refractivity contribution in [2.24, 2.45) is 11.7 Å². The summed E-state index contributed by atoms with van der Waals surface area (Å²) in [6.45, 7) is 9.42. The predicted octanol–water partition coefficient (Wildman–Crippen LogP) is 1.82. The molecule has 3 N–H and O–H groups in total. The Morgan fingerprint density at radius 1 is 1.25 bits per heavy atom. The van der Waals surface area contributed by atoms with Gasteiger partial charge in [0, 0.05) is 12.1 Å². The van der Waals surface area contributed by atoms with E-state index >= 15 is 0 Å². The molecule has 0 fully saturated rings. The van der Waals surface area contributed by atoms with Crippen LogP contribution in [0.4, 0.5) is 4.79 Å². The minimum atomic E-state index is -0.571. The summed E-state index contributed by atoms with van der Waals surface area (Å²) in [5.41, 5.74) is 5.41. The maximum atomic E-state index is 11.8. The van der Waals surface area contributed by atoms with E-state index in [2.05, 4.69) is 10.1 Å². The van der Waals surface area contributed by atoms with Crippen molar-refractivity contribution in [1.82, 2.24) is 5.32 Å². The molecule has 0 unspecified atom stereocenters. The lowest BCUT2D eigenvalue weighted by Gasteiger charge is -2.28. The van der Waals surface area contributed by atoms with Crippen molar-refractivity contribution in [3.8, 4) is 0 Å². The molecule has 0 rings (SSSR count). The lowest BCUT2D eigenvalue weighted by molar-refractivity contribution is -0.141. The third-order valence-corrected chi connectivity index (χ3v) is 2.57. The summed E-state index contributed by atoms with van der Waals surface area (Å²) in [7, 11) is 1.31. The average molecular weight is 288 g/mol. The highest BCUT2D eigenvalue weighted by Crippen LogP contribution is 2.12. The van der Waals surface area contributed by atoms with Crippen molar-refractivity contribution in [3.05, 3.63) is 0 Å². The smallest absolute Gasteiger partial charge is 0.407 e. The molecule has 1 amide bonds. The second kappa shape index (κ2) is 8.09. The molecule has 0 aromatic rings. The van der Waals surface area contributed by atoms with E-state index in [0.717, 1.165) is 0 Å². The quantitative estimate of drug-likeness (QED) is 0.727. The molecule has 0 saturated heterocycles. The molecule has 20 heavy (non-hydrogen) atoms. The van der Waals surface area contributed by atoms with E-state index in [4.69, 9.17) is 10.5 Å². The molecule has 0 saturated carbocycles. The van der Waals surface area contributed by atoms with Gasteiger partial charge in [0.25, 0.3) is 0 Å². The van der Waals surface area contributed by atoms with Crippen LogP contribution in [0.1, 0.15) is 47.5 Å². The average Bonchev–Trinajstić information content (AvgIpc) is 2.24. The highest BCUT2D eigenvalue weighted by Gasteiger charge is 2.26. The lowest BCUT2D eigenvalue weighted by atomic mass is 9.96. The Morgan fingerprint density at radius 2 is 1.80 bits per heavy atom. The number of hydrogen-bond acceptors (Lipinski definition) is 5. The van der Waals surface area contributed by atoms with Crippen LogP contribution in [0.25, 0.3) is 0 Å². The third-order valence-electron chi connectivity index (χ3n) is 2.57. The van der Waals surface area contributed by atoms with Gasteiger partial charge in [0.1, 0.15) is 5.60 Å². The van der Waals surface area contributed by atoms with Crippen molar-refractivity contribution in [3.63, 3.8) is 0 Å². The standard InChI is InChI=1S/C14H28N2O4/c1-9(2)7-11(10(15)8-12(17)19-6)16-13(18)20-14(3,4)5/h9-11H,7-8,15H2,1-6H3,(H,16,18)/t10-,11-/m0/s1. The fourth-order valence-corrected chi connectivity index (χ4v) is 1.73. The number of carbonyl (C=O) groups excluding carboxylic acids is 2. The molecule has 6 heteroatoms. The largest absolute Gasteiger partial charge is 0.469 e. The van der Waals surface area contributed by atoms with E-state index in [-0.39, 0.29) is 12.5 Å². The number of amides is 1. The van der Waals surface area contributed by atoms with Gasteiger partial charge in [-0.25, -0.2) is 4.79 Å². The zero-order valence-electron chi connectivity index (χ0n) is 13.4. The molecule has 118 valence electrons. The van der Waals surface area contributed by atoms with Crippen molar-refractivity contribution in [1.29, 1.82) is 0 Å². The molecule has 6 nitrogen and oxygen atoms in total. The number of nitrogens with two attached hydrogens (primary N) is 1. The van der Waals surface area contributed by atoms with Crippen LogP contribution in [0.15, 0.2) is 0 Å². The molecule has 0 heterocycles. The fraction of sp³-hybridized carbons (Fsp3) is 0.857. The molecule has 0 bridgehead atoms. The van der Waals surface area contributed by atoms with Gasteiger partial charge in [0.05, 0.1) is 13.5 Å². The minimum Gasteiger partial charge on any atom is -0.469 e. The van der Waals surface area contributed by atoms with Crippen molar-refractivity contribution >= 4 is 12.1 Å². The Balaban J connectivity index is 4.63. The molecule has 0 aromatic carbocycles. The first-order valence-electron chi connectivity index (χ1n) is 6.87. The van der Waals surface area contributed by atoms with E-state index in [9.17, 15) is 9.59 Å². The molecule has 0 aliphatic rings. The summed E-state index contributed by atoms with van der Waals surface area (Å²) in [5, 5.41) is 2.74. The number of nitrogens with one attached hydrogen (secondary N) is 1. The molecule has 0 spiro atoms. The van der Waals surface area contributed by atoms with E-state index in [1.165, 1.54) is 7.11 Å². The zero-order valence-corrected chi connectivity index (χ0v) is 13.4. The van der Waals surface area contributed by atoms with E-state index in [1.807, 2.05) is 13.8 Å². The van der Waals surface area contributed by atoms with Crippen molar-refractivity contribution in [2.45, 2.75) is 65.1 Å². The van der Waals surface area contributed by atoms with Crippen LogP contribution in [-0.4, -0.2) is 36.9 Å². The molecule has 0 aliphatic carbocycles.